The smallest absolute Gasteiger partial charge is 0.191 e. The molecule has 0 amide bonds. The molecule has 2 N–H and O–H groups in total. The summed E-state index contributed by atoms with van der Waals surface area (Å²) in [5.41, 5.74) is 0.930. The summed E-state index contributed by atoms with van der Waals surface area (Å²) in [6.07, 6.45) is 2.19. The molecule has 1 aromatic carbocycles. The van der Waals surface area contributed by atoms with Gasteiger partial charge < -0.3 is 24.8 Å². The molecule has 0 aromatic heterocycles. The first-order valence-electron chi connectivity index (χ1n) is 9.02. The van der Waals surface area contributed by atoms with Crippen molar-refractivity contribution in [2.75, 3.05) is 40.0 Å². The van der Waals surface area contributed by atoms with E-state index in [1.807, 2.05) is 24.3 Å². The highest BCUT2D eigenvalue weighted by atomic mass is 127. The van der Waals surface area contributed by atoms with Crippen LogP contribution in [0.5, 0.6) is 5.75 Å². The van der Waals surface area contributed by atoms with Crippen molar-refractivity contribution < 1.29 is 14.2 Å². The molecule has 6 nitrogen and oxygen atoms in total. The molecular weight excluding hydrogens is 445 g/mol. The SMILES string of the molecule is CCNC(=NCC1(C)CCCO1)NCCOCc1ccccc1OC.I. The van der Waals surface area contributed by atoms with Crippen LogP contribution in [0.25, 0.3) is 0 Å². The summed E-state index contributed by atoms with van der Waals surface area (Å²) in [4.78, 5) is 4.64. The summed E-state index contributed by atoms with van der Waals surface area (Å²) in [7, 11) is 1.67. The van der Waals surface area contributed by atoms with Crippen molar-refractivity contribution in [1.29, 1.82) is 0 Å². The summed E-state index contributed by atoms with van der Waals surface area (Å²) in [5.74, 6) is 1.66. The molecule has 7 heteroatoms. The van der Waals surface area contributed by atoms with E-state index < -0.39 is 0 Å². The fraction of sp³-hybridized carbons (Fsp3) is 0.632. The van der Waals surface area contributed by atoms with Gasteiger partial charge in [0.05, 0.1) is 32.5 Å². The van der Waals surface area contributed by atoms with Gasteiger partial charge in [0.25, 0.3) is 0 Å². The van der Waals surface area contributed by atoms with Crippen LogP contribution >= 0.6 is 24.0 Å². The quantitative estimate of drug-likeness (QED) is 0.248. The minimum atomic E-state index is -0.122. The first kappa shape index (κ1) is 23.0. The number of halogens is 1. The van der Waals surface area contributed by atoms with Gasteiger partial charge >= 0.3 is 0 Å². The number of aliphatic imine (C=N–C) groups is 1. The Labute approximate surface area is 174 Å². The summed E-state index contributed by atoms with van der Waals surface area (Å²) in [6, 6.07) is 7.90. The molecule has 1 saturated heterocycles. The Balaban J connectivity index is 0.00000338. The van der Waals surface area contributed by atoms with E-state index in [1.54, 1.807) is 7.11 Å². The third-order valence-electron chi connectivity index (χ3n) is 4.21. The third kappa shape index (κ3) is 7.67. The molecule has 0 spiro atoms. The van der Waals surface area contributed by atoms with Crippen LogP contribution in [0, 0.1) is 0 Å². The number of ether oxygens (including phenoxy) is 3. The van der Waals surface area contributed by atoms with E-state index in [0.717, 1.165) is 43.3 Å². The first-order valence-corrected chi connectivity index (χ1v) is 9.02. The van der Waals surface area contributed by atoms with E-state index in [4.69, 9.17) is 14.2 Å². The maximum atomic E-state index is 5.78. The minimum absolute atomic E-state index is 0. The number of guanidine groups is 1. The zero-order chi connectivity index (χ0) is 18.0. The third-order valence-corrected chi connectivity index (χ3v) is 4.21. The Morgan fingerprint density at radius 3 is 2.81 bits per heavy atom. The summed E-state index contributed by atoms with van der Waals surface area (Å²) >= 11 is 0. The van der Waals surface area contributed by atoms with Gasteiger partial charge in [-0.05, 0) is 32.8 Å². The average Bonchev–Trinajstić information content (AvgIpc) is 3.06. The van der Waals surface area contributed by atoms with Gasteiger partial charge in [0, 0.05) is 25.3 Å². The van der Waals surface area contributed by atoms with E-state index in [0.29, 0.717) is 26.3 Å². The van der Waals surface area contributed by atoms with Gasteiger partial charge in [0.2, 0.25) is 0 Å². The van der Waals surface area contributed by atoms with Crippen LogP contribution in [0.3, 0.4) is 0 Å². The fourth-order valence-electron chi connectivity index (χ4n) is 2.80. The van der Waals surface area contributed by atoms with E-state index in [9.17, 15) is 0 Å². The molecule has 2 rings (SSSR count). The van der Waals surface area contributed by atoms with E-state index >= 15 is 0 Å². The predicted molar refractivity (Wildman–Crippen MR) is 116 cm³/mol. The first-order chi connectivity index (χ1) is 12.2. The molecule has 148 valence electrons. The van der Waals surface area contributed by atoms with Crippen molar-refractivity contribution in [3.05, 3.63) is 29.8 Å². The van der Waals surface area contributed by atoms with Crippen LogP contribution in [0.15, 0.2) is 29.3 Å². The molecule has 1 fully saturated rings. The molecule has 1 heterocycles. The highest BCUT2D eigenvalue weighted by molar-refractivity contribution is 14.0. The Morgan fingerprint density at radius 2 is 2.12 bits per heavy atom. The fourth-order valence-corrected chi connectivity index (χ4v) is 2.80. The maximum absolute atomic E-state index is 5.78. The van der Waals surface area contributed by atoms with Gasteiger partial charge in [0.1, 0.15) is 5.75 Å². The number of rotatable bonds is 9. The predicted octanol–water partition coefficient (Wildman–Crippen LogP) is 2.95. The Bertz CT molecular complexity index is 549. The second-order valence-electron chi connectivity index (χ2n) is 6.39. The lowest BCUT2D eigenvalue weighted by molar-refractivity contribution is 0.0283. The largest absolute Gasteiger partial charge is 0.496 e. The molecule has 26 heavy (non-hydrogen) atoms. The van der Waals surface area contributed by atoms with Crippen LogP contribution in [-0.4, -0.2) is 51.5 Å². The summed E-state index contributed by atoms with van der Waals surface area (Å²) in [5, 5.41) is 6.56. The molecule has 1 aliphatic heterocycles. The van der Waals surface area contributed by atoms with Crippen LogP contribution in [0.2, 0.25) is 0 Å². The number of benzene rings is 1. The lowest BCUT2D eigenvalue weighted by atomic mass is 10.0. The summed E-state index contributed by atoms with van der Waals surface area (Å²) in [6.45, 7) is 8.34. The van der Waals surface area contributed by atoms with Crippen molar-refractivity contribution in [2.24, 2.45) is 4.99 Å². The molecule has 0 bridgehead atoms. The number of hydrogen-bond acceptors (Lipinski definition) is 4. The second kappa shape index (κ2) is 12.3. The minimum Gasteiger partial charge on any atom is -0.496 e. The number of methoxy groups -OCH3 is 1. The van der Waals surface area contributed by atoms with Gasteiger partial charge in [0.15, 0.2) is 5.96 Å². The monoisotopic (exact) mass is 477 g/mol. The number of para-hydroxylation sites is 1. The van der Waals surface area contributed by atoms with Crippen molar-refractivity contribution in [1.82, 2.24) is 10.6 Å². The molecule has 1 atom stereocenters. The highest BCUT2D eigenvalue weighted by Crippen LogP contribution is 2.25. The maximum Gasteiger partial charge on any atom is 0.191 e. The number of nitrogens with one attached hydrogen (secondary N) is 2. The van der Waals surface area contributed by atoms with Crippen LogP contribution < -0.4 is 15.4 Å². The van der Waals surface area contributed by atoms with Gasteiger partial charge in [-0.25, -0.2) is 0 Å². The standard InChI is InChI=1S/C19H31N3O3.HI/c1-4-20-18(22-15-19(2)10-7-12-25-19)21-11-13-24-14-16-8-5-6-9-17(16)23-3;/h5-6,8-9H,4,7,10-15H2,1-3H3,(H2,20,21,22);1H. The van der Waals surface area contributed by atoms with Gasteiger partial charge in [-0.2, -0.15) is 0 Å². The number of hydrogen-bond donors (Lipinski definition) is 2. The molecule has 1 aliphatic rings. The number of nitrogens with zero attached hydrogens (tertiary/aromatic N) is 1. The summed E-state index contributed by atoms with van der Waals surface area (Å²) < 4.78 is 16.8. The van der Waals surface area contributed by atoms with Crippen molar-refractivity contribution in [3.8, 4) is 5.75 Å². The molecule has 0 radical (unpaired) electrons. The van der Waals surface area contributed by atoms with Crippen LogP contribution in [0.4, 0.5) is 0 Å². The Morgan fingerprint density at radius 1 is 1.31 bits per heavy atom. The lowest BCUT2D eigenvalue weighted by Gasteiger charge is -2.21. The van der Waals surface area contributed by atoms with Crippen molar-refractivity contribution in [2.45, 2.75) is 38.9 Å². The highest BCUT2D eigenvalue weighted by Gasteiger charge is 2.29. The van der Waals surface area contributed by atoms with Crippen molar-refractivity contribution >= 4 is 29.9 Å². The van der Waals surface area contributed by atoms with Crippen LogP contribution in [0.1, 0.15) is 32.3 Å². The average molecular weight is 477 g/mol. The van der Waals surface area contributed by atoms with E-state index in [2.05, 4.69) is 29.5 Å². The lowest BCUT2D eigenvalue weighted by Crippen LogP contribution is -2.40. The van der Waals surface area contributed by atoms with E-state index in [-0.39, 0.29) is 29.6 Å². The Kier molecular flexibility index (Phi) is 10.9. The van der Waals surface area contributed by atoms with E-state index in [1.165, 1.54) is 0 Å². The van der Waals surface area contributed by atoms with Crippen LogP contribution in [-0.2, 0) is 16.1 Å². The second-order valence-corrected chi connectivity index (χ2v) is 6.39. The molecule has 0 aliphatic carbocycles. The molecular formula is C19H32IN3O3. The van der Waals surface area contributed by atoms with Gasteiger partial charge in [-0.3, -0.25) is 4.99 Å². The zero-order valence-electron chi connectivity index (χ0n) is 16.0. The molecule has 0 saturated carbocycles. The molecule has 1 aromatic rings. The Hall–Kier alpha value is -1.06. The van der Waals surface area contributed by atoms with Crippen molar-refractivity contribution in [3.63, 3.8) is 0 Å². The normalized spacial score (nSPS) is 19.7. The molecule has 1 unspecified atom stereocenters. The van der Waals surface area contributed by atoms with Gasteiger partial charge in [-0.15, -0.1) is 24.0 Å². The van der Waals surface area contributed by atoms with Gasteiger partial charge in [-0.1, -0.05) is 18.2 Å². The topological polar surface area (TPSA) is 64.1 Å². The zero-order valence-corrected chi connectivity index (χ0v) is 18.4.